The molecule has 0 fully saturated rings. The molecule has 1 aromatic carbocycles. The first-order valence-corrected chi connectivity index (χ1v) is 7.77. The molecule has 1 N–H and O–H groups in total. The Morgan fingerprint density at radius 3 is 2.76 bits per heavy atom. The van der Waals surface area contributed by atoms with E-state index in [9.17, 15) is 4.79 Å². The molecule has 8 nitrogen and oxygen atoms in total. The molecular weight excluding hydrogens is 318 g/mol. The second-order valence-corrected chi connectivity index (χ2v) is 5.61. The lowest BCUT2D eigenvalue weighted by Crippen LogP contribution is -2.24. The van der Waals surface area contributed by atoms with Gasteiger partial charge in [0.05, 0.1) is 18.4 Å². The van der Waals surface area contributed by atoms with Gasteiger partial charge in [0.1, 0.15) is 0 Å². The first-order chi connectivity index (χ1) is 12.2. The summed E-state index contributed by atoms with van der Waals surface area (Å²) < 4.78 is 3.39. The zero-order chi connectivity index (χ0) is 17.2. The van der Waals surface area contributed by atoms with Crippen LogP contribution in [-0.2, 0) is 6.54 Å². The summed E-state index contributed by atoms with van der Waals surface area (Å²) in [5, 5.41) is 18.9. The quantitative estimate of drug-likeness (QED) is 0.612. The van der Waals surface area contributed by atoms with E-state index < -0.39 is 0 Å². The van der Waals surface area contributed by atoms with E-state index in [0.717, 1.165) is 16.9 Å². The average Bonchev–Trinajstić information content (AvgIpc) is 3.28. The molecule has 25 heavy (non-hydrogen) atoms. The fraction of sp³-hybridized carbons (Fsp3) is 0.118. The Morgan fingerprint density at radius 1 is 1.08 bits per heavy atom. The molecule has 0 aliphatic rings. The molecule has 1 amide bonds. The third-order valence-electron chi connectivity index (χ3n) is 3.82. The maximum atomic E-state index is 12.3. The third kappa shape index (κ3) is 2.97. The van der Waals surface area contributed by atoms with Gasteiger partial charge in [0.25, 0.3) is 5.91 Å². The van der Waals surface area contributed by atoms with Crippen LogP contribution in [0.15, 0.2) is 54.9 Å². The Balaban J connectivity index is 1.47. The number of nitrogens with zero attached hydrogens (tertiary/aromatic N) is 6. The highest BCUT2D eigenvalue weighted by molar-refractivity contribution is 5.91. The van der Waals surface area contributed by atoms with Crippen LogP contribution in [0.25, 0.3) is 11.3 Å². The highest BCUT2D eigenvalue weighted by Gasteiger charge is 2.13. The van der Waals surface area contributed by atoms with E-state index >= 15 is 0 Å². The topological polar surface area (TPSA) is 90.0 Å². The van der Waals surface area contributed by atoms with Crippen LogP contribution < -0.4 is 5.32 Å². The van der Waals surface area contributed by atoms with Crippen molar-refractivity contribution in [2.24, 2.45) is 0 Å². The predicted molar refractivity (Wildman–Crippen MR) is 90.3 cm³/mol. The van der Waals surface area contributed by atoms with Crippen molar-refractivity contribution in [3.8, 4) is 5.69 Å². The molecule has 124 valence electrons. The number of pyridine rings is 1. The molecule has 0 spiro atoms. The molecule has 3 heterocycles. The second-order valence-electron chi connectivity index (χ2n) is 5.61. The lowest BCUT2D eigenvalue weighted by atomic mass is 10.2. The molecule has 0 unspecified atom stereocenters. The Kier molecular flexibility index (Phi) is 3.70. The standard InChI is InChI=1S/C17H15N7O/c1-12-5-7-13(8-6-12)24-11-14(19-22-24)17(25)18-10-16-21-20-15-4-2-3-9-23(15)16/h2-9,11H,10H2,1H3,(H,18,25). The Labute approximate surface area is 143 Å². The number of nitrogens with one attached hydrogen (secondary N) is 1. The van der Waals surface area contributed by atoms with Crippen LogP contribution in [0.2, 0.25) is 0 Å². The molecule has 4 rings (SSSR count). The van der Waals surface area contributed by atoms with Gasteiger partial charge in [-0.15, -0.1) is 15.3 Å². The van der Waals surface area contributed by atoms with Crippen LogP contribution in [0.4, 0.5) is 0 Å². The van der Waals surface area contributed by atoms with Gasteiger partial charge in [-0.1, -0.05) is 29.0 Å². The van der Waals surface area contributed by atoms with Crippen LogP contribution in [0.3, 0.4) is 0 Å². The van der Waals surface area contributed by atoms with Crippen molar-refractivity contribution in [3.05, 3.63) is 71.9 Å². The van der Waals surface area contributed by atoms with Gasteiger partial charge in [-0.25, -0.2) is 4.68 Å². The fourth-order valence-electron chi connectivity index (χ4n) is 2.45. The van der Waals surface area contributed by atoms with Crippen molar-refractivity contribution in [3.63, 3.8) is 0 Å². The molecule has 0 saturated heterocycles. The number of amides is 1. The summed E-state index contributed by atoms with van der Waals surface area (Å²) in [6, 6.07) is 13.4. The second kappa shape index (κ2) is 6.16. The summed E-state index contributed by atoms with van der Waals surface area (Å²) in [5.74, 6) is 0.334. The van der Waals surface area contributed by atoms with Gasteiger partial charge in [0.15, 0.2) is 17.2 Å². The van der Waals surface area contributed by atoms with Gasteiger partial charge >= 0.3 is 0 Å². The number of hydrogen-bond acceptors (Lipinski definition) is 5. The van der Waals surface area contributed by atoms with Gasteiger partial charge in [-0.2, -0.15) is 0 Å². The first-order valence-electron chi connectivity index (χ1n) is 7.77. The lowest BCUT2D eigenvalue weighted by Gasteiger charge is -2.02. The average molecular weight is 333 g/mol. The minimum Gasteiger partial charge on any atom is -0.343 e. The van der Waals surface area contributed by atoms with Gasteiger partial charge in [-0.05, 0) is 31.2 Å². The molecule has 0 radical (unpaired) electrons. The maximum absolute atomic E-state index is 12.3. The molecule has 0 saturated carbocycles. The van der Waals surface area contributed by atoms with E-state index in [0.29, 0.717) is 5.82 Å². The molecule has 0 bridgehead atoms. The van der Waals surface area contributed by atoms with Gasteiger partial charge < -0.3 is 5.32 Å². The largest absolute Gasteiger partial charge is 0.343 e. The van der Waals surface area contributed by atoms with E-state index in [2.05, 4.69) is 25.8 Å². The Hall–Kier alpha value is -3.55. The molecule has 0 aliphatic carbocycles. The number of aromatic nitrogens is 6. The highest BCUT2D eigenvalue weighted by atomic mass is 16.2. The Bertz CT molecular complexity index is 1030. The molecule has 3 aromatic heterocycles. The van der Waals surface area contributed by atoms with Crippen LogP contribution in [0.1, 0.15) is 21.9 Å². The van der Waals surface area contributed by atoms with Crippen molar-refractivity contribution >= 4 is 11.6 Å². The molecule has 0 aliphatic heterocycles. The van der Waals surface area contributed by atoms with Crippen molar-refractivity contribution < 1.29 is 4.79 Å². The monoisotopic (exact) mass is 333 g/mol. The van der Waals surface area contributed by atoms with Gasteiger partial charge in [0.2, 0.25) is 0 Å². The minimum atomic E-state index is -0.314. The summed E-state index contributed by atoms with van der Waals surface area (Å²) >= 11 is 0. The van der Waals surface area contributed by atoms with Crippen molar-refractivity contribution in [1.29, 1.82) is 0 Å². The minimum absolute atomic E-state index is 0.245. The fourth-order valence-corrected chi connectivity index (χ4v) is 2.45. The molecule has 8 heteroatoms. The van der Waals surface area contributed by atoms with E-state index in [1.54, 1.807) is 10.9 Å². The number of rotatable bonds is 4. The number of aryl methyl sites for hydroxylation is 1. The van der Waals surface area contributed by atoms with Crippen LogP contribution in [0, 0.1) is 6.92 Å². The number of fused-ring (bicyclic) bond motifs is 1. The van der Waals surface area contributed by atoms with Gasteiger partial charge in [-0.3, -0.25) is 9.20 Å². The van der Waals surface area contributed by atoms with E-state index in [4.69, 9.17) is 0 Å². The summed E-state index contributed by atoms with van der Waals surface area (Å²) in [6.45, 7) is 2.26. The number of carbonyl (C=O) groups excluding carboxylic acids is 1. The van der Waals surface area contributed by atoms with E-state index in [-0.39, 0.29) is 18.1 Å². The van der Waals surface area contributed by atoms with E-state index in [1.165, 1.54) is 0 Å². The highest BCUT2D eigenvalue weighted by Crippen LogP contribution is 2.08. The number of carbonyl (C=O) groups is 1. The lowest BCUT2D eigenvalue weighted by molar-refractivity contribution is 0.0944. The van der Waals surface area contributed by atoms with Crippen LogP contribution >= 0.6 is 0 Å². The summed E-state index contributed by atoms with van der Waals surface area (Å²) in [4.78, 5) is 12.3. The SMILES string of the molecule is Cc1ccc(-n2cc(C(=O)NCc3nnc4ccccn34)nn2)cc1. The van der Waals surface area contributed by atoms with Crippen LogP contribution in [-0.4, -0.2) is 35.5 Å². The number of hydrogen-bond donors (Lipinski definition) is 1. The van der Waals surface area contributed by atoms with E-state index in [1.807, 2.05) is 60.0 Å². The summed E-state index contributed by atoms with van der Waals surface area (Å²) in [7, 11) is 0. The predicted octanol–water partition coefficient (Wildman–Crippen LogP) is 1.55. The maximum Gasteiger partial charge on any atom is 0.273 e. The summed E-state index contributed by atoms with van der Waals surface area (Å²) in [6.07, 6.45) is 3.45. The smallest absolute Gasteiger partial charge is 0.273 e. The first kappa shape index (κ1) is 15.0. The van der Waals surface area contributed by atoms with Crippen molar-refractivity contribution in [2.75, 3.05) is 0 Å². The normalized spacial score (nSPS) is 10.9. The number of benzene rings is 1. The molecule has 4 aromatic rings. The van der Waals surface area contributed by atoms with Crippen LogP contribution in [0.5, 0.6) is 0 Å². The molecule has 0 atom stereocenters. The zero-order valence-electron chi connectivity index (χ0n) is 13.5. The molecular formula is C17H15N7O. The zero-order valence-corrected chi connectivity index (χ0v) is 13.5. The van der Waals surface area contributed by atoms with Crippen molar-refractivity contribution in [1.82, 2.24) is 34.9 Å². The van der Waals surface area contributed by atoms with Crippen molar-refractivity contribution in [2.45, 2.75) is 13.5 Å². The third-order valence-corrected chi connectivity index (χ3v) is 3.82. The van der Waals surface area contributed by atoms with Gasteiger partial charge in [0, 0.05) is 6.20 Å². The summed E-state index contributed by atoms with van der Waals surface area (Å²) in [5.41, 5.74) is 2.98. The Morgan fingerprint density at radius 2 is 1.92 bits per heavy atom.